The Morgan fingerprint density at radius 2 is 1.70 bits per heavy atom. The molecule has 6 nitrogen and oxygen atoms in total. The molecule has 0 aliphatic carbocycles. The number of hydrogen-bond donors (Lipinski definition) is 0. The van der Waals surface area contributed by atoms with E-state index in [1.807, 2.05) is 54.8 Å². The summed E-state index contributed by atoms with van der Waals surface area (Å²) in [6, 6.07) is 19.3. The molecule has 3 aromatic rings. The number of imide groups is 1. The maximum Gasteiger partial charge on any atom is 0.327 e. The van der Waals surface area contributed by atoms with Gasteiger partial charge in [-0.2, -0.15) is 0 Å². The largest absolute Gasteiger partial charge is 0.327 e. The SMILES string of the molecule is C[C@@H]1[C@H](c2ccccc2)N(C(=O)C[C@H](c2ccc(S(C)(=O)=O)cc2)c2cccs2)C(=O)N1C. The second-order valence-corrected chi connectivity index (χ2v) is 11.4. The highest BCUT2D eigenvalue weighted by Crippen LogP contribution is 2.38. The van der Waals surface area contributed by atoms with Crippen molar-refractivity contribution in [2.45, 2.75) is 36.2 Å². The zero-order chi connectivity index (χ0) is 23.8. The molecule has 172 valence electrons. The fourth-order valence-electron chi connectivity index (χ4n) is 4.32. The fraction of sp³-hybridized carbons (Fsp3) is 0.280. The topological polar surface area (TPSA) is 74.8 Å². The predicted molar refractivity (Wildman–Crippen MR) is 129 cm³/mol. The van der Waals surface area contributed by atoms with Gasteiger partial charge in [0.15, 0.2) is 9.84 Å². The Kier molecular flexibility index (Phi) is 6.41. The third-order valence-electron chi connectivity index (χ3n) is 6.24. The number of rotatable bonds is 6. The summed E-state index contributed by atoms with van der Waals surface area (Å²) < 4.78 is 23.7. The van der Waals surface area contributed by atoms with Crippen LogP contribution in [0.15, 0.2) is 77.0 Å². The van der Waals surface area contributed by atoms with Gasteiger partial charge in [-0.15, -0.1) is 11.3 Å². The van der Waals surface area contributed by atoms with Crippen molar-refractivity contribution in [3.63, 3.8) is 0 Å². The van der Waals surface area contributed by atoms with Crippen LogP contribution in [0.25, 0.3) is 0 Å². The summed E-state index contributed by atoms with van der Waals surface area (Å²) in [5.74, 6) is -0.535. The van der Waals surface area contributed by atoms with E-state index in [9.17, 15) is 18.0 Å². The number of amides is 3. The fourth-order valence-corrected chi connectivity index (χ4v) is 5.81. The molecular weight excluding hydrogens is 456 g/mol. The minimum Gasteiger partial charge on any atom is -0.322 e. The number of nitrogens with zero attached hydrogens (tertiary/aromatic N) is 2. The lowest BCUT2D eigenvalue weighted by molar-refractivity contribution is -0.129. The van der Waals surface area contributed by atoms with E-state index in [0.29, 0.717) is 0 Å². The van der Waals surface area contributed by atoms with Crippen LogP contribution in [-0.2, 0) is 14.6 Å². The summed E-state index contributed by atoms with van der Waals surface area (Å²) in [4.78, 5) is 30.9. The van der Waals surface area contributed by atoms with Crippen molar-refractivity contribution in [3.05, 3.63) is 88.1 Å². The molecule has 0 unspecified atom stereocenters. The molecule has 1 saturated heterocycles. The van der Waals surface area contributed by atoms with Crippen LogP contribution in [0.5, 0.6) is 0 Å². The minimum absolute atomic E-state index is 0.106. The van der Waals surface area contributed by atoms with Crippen molar-refractivity contribution in [2.75, 3.05) is 13.3 Å². The molecule has 0 bridgehead atoms. The van der Waals surface area contributed by atoms with E-state index >= 15 is 0 Å². The molecule has 1 aromatic heterocycles. The van der Waals surface area contributed by atoms with Crippen LogP contribution in [-0.4, -0.2) is 49.5 Å². The predicted octanol–water partition coefficient (Wildman–Crippen LogP) is 4.70. The highest BCUT2D eigenvalue weighted by Gasteiger charge is 2.45. The number of sulfone groups is 1. The van der Waals surface area contributed by atoms with Gasteiger partial charge in [0.1, 0.15) is 0 Å². The van der Waals surface area contributed by atoms with E-state index in [4.69, 9.17) is 0 Å². The van der Waals surface area contributed by atoms with Gasteiger partial charge in [0.2, 0.25) is 5.91 Å². The second-order valence-electron chi connectivity index (χ2n) is 8.37. The lowest BCUT2D eigenvalue weighted by Gasteiger charge is -2.26. The molecule has 1 aliphatic heterocycles. The van der Waals surface area contributed by atoms with Crippen LogP contribution in [0, 0.1) is 0 Å². The Bertz CT molecular complexity index is 1240. The van der Waals surface area contributed by atoms with Gasteiger partial charge in [0.25, 0.3) is 0 Å². The molecule has 3 atom stereocenters. The van der Waals surface area contributed by atoms with Crippen LogP contribution < -0.4 is 0 Å². The molecule has 0 saturated carbocycles. The van der Waals surface area contributed by atoms with E-state index in [1.54, 1.807) is 36.2 Å². The zero-order valence-electron chi connectivity index (χ0n) is 18.7. The van der Waals surface area contributed by atoms with Gasteiger partial charge in [-0.05, 0) is 41.6 Å². The van der Waals surface area contributed by atoms with E-state index in [-0.39, 0.29) is 41.3 Å². The summed E-state index contributed by atoms with van der Waals surface area (Å²) in [6.07, 6.45) is 1.27. The maximum atomic E-state index is 13.6. The average Bonchev–Trinajstić information content (AvgIpc) is 3.41. The normalized spacial score (nSPS) is 19.7. The van der Waals surface area contributed by atoms with Gasteiger partial charge in [-0.25, -0.2) is 13.2 Å². The van der Waals surface area contributed by atoms with Crippen molar-refractivity contribution in [1.29, 1.82) is 0 Å². The number of thiophene rings is 1. The number of benzene rings is 2. The molecule has 2 aromatic carbocycles. The number of carbonyl (C=O) groups is 2. The zero-order valence-corrected chi connectivity index (χ0v) is 20.3. The third-order valence-corrected chi connectivity index (χ3v) is 8.35. The van der Waals surface area contributed by atoms with Crippen molar-refractivity contribution < 1.29 is 18.0 Å². The molecule has 0 N–H and O–H groups in total. The first-order chi connectivity index (χ1) is 15.7. The molecule has 1 aliphatic rings. The van der Waals surface area contributed by atoms with Crippen molar-refractivity contribution in [2.24, 2.45) is 0 Å². The van der Waals surface area contributed by atoms with Gasteiger partial charge < -0.3 is 4.90 Å². The van der Waals surface area contributed by atoms with Gasteiger partial charge in [-0.3, -0.25) is 9.69 Å². The third kappa shape index (κ3) is 4.58. The Morgan fingerprint density at radius 3 is 2.27 bits per heavy atom. The number of urea groups is 1. The van der Waals surface area contributed by atoms with E-state index in [2.05, 4.69) is 0 Å². The molecule has 1 fully saturated rings. The summed E-state index contributed by atoms with van der Waals surface area (Å²) in [6.45, 7) is 1.95. The van der Waals surface area contributed by atoms with E-state index in [0.717, 1.165) is 16.0 Å². The number of carbonyl (C=O) groups excluding carboxylic acids is 2. The van der Waals surface area contributed by atoms with E-state index < -0.39 is 9.84 Å². The lowest BCUT2D eigenvalue weighted by Crippen LogP contribution is -2.37. The number of hydrogen-bond acceptors (Lipinski definition) is 5. The van der Waals surface area contributed by atoms with Crippen molar-refractivity contribution >= 4 is 33.1 Å². The van der Waals surface area contributed by atoms with Crippen molar-refractivity contribution in [3.8, 4) is 0 Å². The average molecular weight is 483 g/mol. The summed E-state index contributed by atoms with van der Waals surface area (Å²) in [5, 5.41) is 1.95. The number of likely N-dealkylation sites (N-methyl/N-ethyl adjacent to an activating group) is 1. The van der Waals surface area contributed by atoms with Crippen LogP contribution in [0.1, 0.15) is 41.3 Å². The van der Waals surface area contributed by atoms with Gasteiger partial charge in [0, 0.05) is 30.5 Å². The van der Waals surface area contributed by atoms with E-state index in [1.165, 1.54) is 22.5 Å². The first-order valence-electron chi connectivity index (χ1n) is 10.7. The van der Waals surface area contributed by atoms with Gasteiger partial charge in [0.05, 0.1) is 17.0 Å². The summed E-state index contributed by atoms with van der Waals surface area (Å²) in [5.41, 5.74) is 1.75. The molecule has 3 amide bonds. The standard InChI is InChI=1S/C25H26N2O4S2/c1-17-24(19-8-5-4-6-9-19)27(25(29)26(17)2)23(28)16-21(22-10-7-15-32-22)18-11-13-20(14-12-18)33(3,30)31/h4-15,17,21,24H,16H2,1-3H3/t17-,21-,24-/m1/s1. The molecule has 8 heteroatoms. The highest BCUT2D eigenvalue weighted by atomic mass is 32.2. The van der Waals surface area contributed by atoms with Crippen LogP contribution >= 0.6 is 11.3 Å². The second kappa shape index (κ2) is 9.11. The molecule has 33 heavy (non-hydrogen) atoms. The molecular formula is C25H26N2O4S2. The Morgan fingerprint density at radius 1 is 1.03 bits per heavy atom. The minimum atomic E-state index is -3.32. The smallest absolute Gasteiger partial charge is 0.322 e. The summed E-state index contributed by atoms with van der Waals surface area (Å²) >= 11 is 1.53. The quantitative estimate of drug-likeness (QED) is 0.511. The van der Waals surface area contributed by atoms with Gasteiger partial charge >= 0.3 is 6.03 Å². The lowest BCUT2D eigenvalue weighted by atomic mass is 9.92. The molecule has 4 rings (SSSR count). The van der Waals surface area contributed by atoms with Crippen LogP contribution in [0.4, 0.5) is 4.79 Å². The molecule has 0 spiro atoms. The van der Waals surface area contributed by atoms with Gasteiger partial charge in [-0.1, -0.05) is 48.5 Å². The Hall–Kier alpha value is -2.97. The monoisotopic (exact) mass is 482 g/mol. The Balaban J connectivity index is 1.67. The molecule has 2 heterocycles. The van der Waals surface area contributed by atoms with Crippen LogP contribution in [0.2, 0.25) is 0 Å². The Labute approximate surface area is 198 Å². The highest BCUT2D eigenvalue weighted by molar-refractivity contribution is 7.90. The summed E-state index contributed by atoms with van der Waals surface area (Å²) in [7, 11) is -1.60. The van der Waals surface area contributed by atoms with Crippen molar-refractivity contribution in [1.82, 2.24) is 9.80 Å². The molecule has 0 radical (unpaired) electrons. The van der Waals surface area contributed by atoms with Crippen LogP contribution in [0.3, 0.4) is 0 Å². The first-order valence-corrected chi connectivity index (χ1v) is 13.4. The maximum absolute atomic E-state index is 13.6. The first kappa shape index (κ1) is 23.2.